The number of nitriles is 1. The highest BCUT2D eigenvalue weighted by atomic mass is 32.1. The Morgan fingerprint density at radius 1 is 1.26 bits per heavy atom. The first kappa shape index (κ1) is 15.0. The molecule has 0 bridgehead atoms. The number of allylic oxidation sites excluding steroid dienone is 1. The van der Waals surface area contributed by atoms with Gasteiger partial charge in [-0.3, -0.25) is 0 Å². The molecule has 3 rings (SSSR count). The predicted molar refractivity (Wildman–Crippen MR) is 95.2 cm³/mol. The molecule has 0 aliphatic heterocycles. The van der Waals surface area contributed by atoms with Gasteiger partial charge in [0.25, 0.3) is 0 Å². The van der Waals surface area contributed by atoms with E-state index in [2.05, 4.69) is 17.6 Å². The molecule has 2 aromatic carbocycles. The largest absolute Gasteiger partial charge is 0.490 e. The third kappa shape index (κ3) is 3.47. The molecule has 3 nitrogen and oxygen atoms in total. The zero-order valence-corrected chi connectivity index (χ0v) is 13.2. The zero-order chi connectivity index (χ0) is 16.1. The summed E-state index contributed by atoms with van der Waals surface area (Å²) in [4.78, 5) is 4.54. The highest BCUT2D eigenvalue weighted by molar-refractivity contribution is 7.19. The van der Waals surface area contributed by atoms with Crippen molar-refractivity contribution in [2.45, 2.75) is 0 Å². The molecule has 23 heavy (non-hydrogen) atoms. The lowest BCUT2D eigenvalue weighted by Crippen LogP contribution is -1.92. The van der Waals surface area contributed by atoms with Gasteiger partial charge in [0.05, 0.1) is 15.8 Å². The Bertz CT molecular complexity index is 885. The van der Waals surface area contributed by atoms with Crippen molar-refractivity contribution in [1.82, 2.24) is 4.98 Å². The van der Waals surface area contributed by atoms with E-state index < -0.39 is 0 Å². The van der Waals surface area contributed by atoms with Crippen LogP contribution in [0.3, 0.4) is 0 Å². The van der Waals surface area contributed by atoms with Crippen LogP contribution in [0.5, 0.6) is 5.75 Å². The second-order valence-corrected chi connectivity index (χ2v) is 5.86. The van der Waals surface area contributed by atoms with Crippen LogP contribution in [0.25, 0.3) is 21.9 Å². The smallest absolute Gasteiger partial charge is 0.135 e. The van der Waals surface area contributed by atoms with Gasteiger partial charge in [0.2, 0.25) is 0 Å². The number of nitrogens with zero attached hydrogens (tertiary/aromatic N) is 2. The van der Waals surface area contributed by atoms with E-state index in [-0.39, 0.29) is 0 Å². The number of hydrogen-bond donors (Lipinski definition) is 0. The summed E-state index contributed by atoms with van der Waals surface area (Å²) in [5.41, 5.74) is 2.37. The van der Waals surface area contributed by atoms with Crippen LogP contribution in [-0.2, 0) is 0 Å². The van der Waals surface area contributed by atoms with Crippen LogP contribution in [0.2, 0.25) is 0 Å². The first-order valence-electron chi connectivity index (χ1n) is 7.11. The maximum Gasteiger partial charge on any atom is 0.135 e. The van der Waals surface area contributed by atoms with Crippen molar-refractivity contribution in [3.63, 3.8) is 0 Å². The Morgan fingerprint density at radius 2 is 2.13 bits per heavy atom. The number of hydrogen-bond acceptors (Lipinski definition) is 4. The Hall–Kier alpha value is -2.90. The minimum atomic E-state index is 0.455. The molecule has 1 heterocycles. The van der Waals surface area contributed by atoms with E-state index >= 15 is 0 Å². The maximum atomic E-state index is 9.48. The van der Waals surface area contributed by atoms with Crippen LogP contribution in [0.15, 0.2) is 61.2 Å². The summed E-state index contributed by atoms with van der Waals surface area (Å²) in [6, 6.07) is 17.7. The Labute approximate surface area is 138 Å². The normalized spacial score (nSPS) is 11.2. The fourth-order valence-electron chi connectivity index (χ4n) is 2.15. The fourth-order valence-corrected chi connectivity index (χ4v) is 3.08. The summed E-state index contributed by atoms with van der Waals surface area (Å²) in [5.74, 6) is 0.750. The Balaban J connectivity index is 1.95. The second kappa shape index (κ2) is 6.91. The molecule has 3 aromatic rings. The lowest BCUT2D eigenvalue weighted by Gasteiger charge is -2.03. The van der Waals surface area contributed by atoms with E-state index in [1.54, 1.807) is 6.08 Å². The maximum absolute atomic E-state index is 9.48. The van der Waals surface area contributed by atoms with Gasteiger partial charge in [0, 0.05) is 0 Å². The van der Waals surface area contributed by atoms with Gasteiger partial charge in [0.15, 0.2) is 0 Å². The molecule has 4 heteroatoms. The SMILES string of the molecule is C=CCOc1cccc(/C=C(\C#N)c2nc3ccccc3s2)c1. The van der Waals surface area contributed by atoms with Gasteiger partial charge in [0.1, 0.15) is 23.4 Å². The fraction of sp³-hybridized carbons (Fsp3) is 0.0526. The van der Waals surface area contributed by atoms with Crippen molar-refractivity contribution in [3.8, 4) is 11.8 Å². The van der Waals surface area contributed by atoms with Crippen LogP contribution < -0.4 is 4.74 Å². The standard InChI is InChI=1S/C19H14N2OS/c1-2-10-22-16-7-5-6-14(12-16)11-15(13-20)19-21-17-8-3-4-9-18(17)23-19/h2-9,11-12H,1,10H2/b15-11+. The quantitative estimate of drug-likeness (QED) is 0.495. The van der Waals surface area contributed by atoms with E-state index in [0.29, 0.717) is 12.2 Å². The number of fused-ring (bicyclic) bond motifs is 1. The molecule has 112 valence electrons. The van der Waals surface area contributed by atoms with Crippen molar-refractivity contribution in [1.29, 1.82) is 5.26 Å². The number of benzene rings is 2. The van der Waals surface area contributed by atoms with Crippen LogP contribution in [0.4, 0.5) is 0 Å². The Kier molecular flexibility index (Phi) is 4.51. The lowest BCUT2D eigenvalue weighted by molar-refractivity contribution is 0.363. The van der Waals surface area contributed by atoms with Crippen LogP contribution >= 0.6 is 11.3 Å². The molecule has 0 aliphatic rings. The van der Waals surface area contributed by atoms with E-state index in [1.807, 2.05) is 54.6 Å². The monoisotopic (exact) mass is 318 g/mol. The van der Waals surface area contributed by atoms with Crippen LogP contribution in [0, 0.1) is 11.3 Å². The molecule has 0 fully saturated rings. The predicted octanol–water partition coefficient (Wildman–Crippen LogP) is 4.93. The molecule has 0 saturated heterocycles. The van der Waals surface area contributed by atoms with Crippen molar-refractivity contribution in [3.05, 3.63) is 71.8 Å². The van der Waals surface area contributed by atoms with Gasteiger partial charge < -0.3 is 4.74 Å². The molecular weight excluding hydrogens is 304 g/mol. The average molecular weight is 318 g/mol. The first-order chi connectivity index (χ1) is 11.3. The van der Waals surface area contributed by atoms with Crippen molar-refractivity contribution >= 4 is 33.2 Å². The first-order valence-corrected chi connectivity index (χ1v) is 7.93. The van der Waals surface area contributed by atoms with E-state index in [4.69, 9.17) is 4.74 Å². The van der Waals surface area contributed by atoms with Crippen molar-refractivity contribution in [2.75, 3.05) is 6.61 Å². The van der Waals surface area contributed by atoms with Gasteiger partial charge in [-0.05, 0) is 35.9 Å². The van der Waals surface area contributed by atoms with E-state index in [1.165, 1.54) is 11.3 Å². The van der Waals surface area contributed by atoms with Gasteiger partial charge in [-0.25, -0.2) is 4.98 Å². The minimum Gasteiger partial charge on any atom is -0.490 e. The third-order valence-electron chi connectivity index (χ3n) is 3.18. The zero-order valence-electron chi connectivity index (χ0n) is 12.4. The van der Waals surface area contributed by atoms with E-state index in [9.17, 15) is 5.26 Å². The summed E-state index contributed by atoms with van der Waals surface area (Å²) in [5, 5.41) is 10.2. The molecule has 1 aromatic heterocycles. The summed E-state index contributed by atoms with van der Waals surface area (Å²) in [6.07, 6.45) is 3.53. The molecule has 0 N–H and O–H groups in total. The van der Waals surface area contributed by atoms with Gasteiger partial charge in [-0.1, -0.05) is 36.9 Å². The van der Waals surface area contributed by atoms with Gasteiger partial charge in [-0.2, -0.15) is 5.26 Å². The summed E-state index contributed by atoms with van der Waals surface area (Å²) in [6.45, 7) is 4.09. The van der Waals surface area contributed by atoms with Crippen LogP contribution in [-0.4, -0.2) is 11.6 Å². The topological polar surface area (TPSA) is 45.9 Å². The average Bonchev–Trinajstić information content (AvgIpc) is 3.02. The van der Waals surface area contributed by atoms with Gasteiger partial charge >= 0.3 is 0 Å². The summed E-state index contributed by atoms with van der Waals surface area (Å²) < 4.78 is 6.60. The number of thiazole rings is 1. The number of para-hydroxylation sites is 1. The molecule has 0 saturated carbocycles. The van der Waals surface area contributed by atoms with Crippen LogP contribution in [0.1, 0.15) is 10.6 Å². The lowest BCUT2D eigenvalue weighted by atomic mass is 10.1. The number of aromatic nitrogens is 1. The molecule has 0 radical (unpaired) electrons. The number of ether oxygens (including phenoxy) is 1. The highest BCUT2D eigenvalue weighted by Crippen LogP contribution is 2.28. The second-order valence-electron chi connectivity index (χ2n) is 4.83. The van der Waals surface area contributed by atoms with E-state index in [0.717, 1.165) is 26.5 Å². The number of rotatable bonds is 5. The molecule has 0 spiro atoms. The molecule has 0 atom stereocenters. The summed E-state index contributed by atoms with van der Waals surface area (Å²) >= 11 is 1.52. The third-order valence-corrected chi connectivity index (χ3v) is 4.25. The summed E-state index contributed by atoms with van der Waals surface area (Å²) in [7, 11) is 0. The van der Waals surface area contributed by atoms with Crippen molar-refractivity contribution in [2.24, 2.45) is 0 Å². The molecule has 0 aliphatic carbocycles. The molecule has 0 unspecified atom stereocenters. The molecular formula is C19H14N2OS. The molecule has 0 amide bonds. The van der Waals surface area contributed by atoms with Gasteiger partial charge in [-0.15, -0.1) is 11.3 Å². The van der Waals surface area contributed by atoms with Crippen molar-refractivity contribution < 1.29 is 4.74 Å². The minimum absolute atomic E-state index is 0.455. The Morgan fingerprint density at radius 3 is 2.91 bits per heavy atom. The highest BCUT2D eigenvalue weighted by Gasteiger charge is 2.08.